The van der Waals surface area contributed by atoms with Gasteiger partial charge in [-0.2, -0.15) is 15.4 Å². The summed E-state index contributed by atoms with van der Waals surface area (Å²) in [7, 11) is 0. The van der Waals surface area contributed by atoms with Gasteiger partial charge in [0.05, 0.1) is 11.9 Å². The van der Waals surface area contributed by atoms with Crippen LogP contribution in [-0.4, -0.2) is 15.4 Å². The van der Waals surface area contributed by atoms with Crippen molar-refractivity contribution in [3.63, 3.8) is 0 Å². The Morgan fingerprint density at radius 3 is 3.00 bits per heavy atom. The predicted molar refractivity (Wildman–Crippen MR) is 35.1 cm³/mol. The van der Waals surface area contributed by atoms with Gasteiger partial charge in [-0.25, -0.2) is 0 Å². The van der Waals surface area contributed by atoms with Crippen molar-refractivity contribution in [1.82, 2.24) is 15.4 Å². The highest BCUT2D eigenvalue weighted by Gasteiger charge is 2.03. The van der Waals surface area contributed by atoms with Gasteiger partial charge >= 0.3 is 0 Å². The van der Waals surface area contributed by atoms with Gasteiger partial charge in [-0.05, 0) is 6.42 Å². The normalized spacial score (nSPS) is 13.6. The minimum absolute atomic E-state index is 0.531. The number of aromatic nitrogens is 3. The van der Waals surface area contributed by atoms with Crippen molar-refractivity contribution in [2.75, 3.05) is 0 Å². The van der Waals surface area contributed by atoms with E-state index in [1.54, 1.807) is 6.20 Å². The molecule has 1 N–H and O–H groups in total. The van der Waals surface area contributed by atoms with Crippen LogP contribution in [0.1, 0.15) is 31.9 Å². The summed E-state index contributed by atoms with van der Waals surface area (Å²) in [4.78, 5) is 0. The molecule has 0 spiro atoms. The molecule has 1 aromatic heterocycles. The lowest BCUT2D eigenvalue weighted by atomic mass is 10.1. The minimum Gasteiger partial charge on any atom is -0.198 e. The number of H-pyrrole nitrogens is 1. The minimum atomic E-state index is 0.531. The van der Waals surface area contributed by atoms with Crippen LogP contribution < -0.4 is 0 Å². The van der Waals surface area contributed by atoms with Gasteiger partial charge in [0, 0.05) is 5.92 Å². The summed E-state index contributed by atoms with van der Waals surface area (Å²) in [6.07, 6.45) is 2.89. The molecule has 1 rings (SSSR count). The largest absolute Gasteiger partial charge is 0.198 e. The van der Waals surface area contributed by atoms with Gasteiger partial charge in [0.1, 0.15) is 0 Å². The average Bonchev–Trinajstić information content (AvgIpc) is 2.37. The van der Waals surface area contributed by atoms with Crippen molar-refractivity contribution in [3.05, 3.63) is 11.9 Å². The molecule has 3 nitrogen and oxygen atoms in total. The van der Waals surface area contributed by atoms with Crippen molar-refractivity contribution < 1.29 is 0 Å². The van der Waals surface area contributed by atoms with Crippen LogP contribution in [0.25, 0.3) is 0 Å². The summed E-state index contributed by atoms with van der Waals surface area (Å²) in [5.74, 6) is 0.531. The second-order valence-corrected chi connectivity index (χ2v) is 2.20. The first-order chi connectivity index (χ1) is 4.34. The highest BCUT2D eigenvalue weighted by atomic mass is 15.3. The average molecular weight is 125 g/mol. The molecular weight excluding hydrogens is 114 g/mol. The molecule has 1 heterocycles. The standard InChI is InChI=1S/C6H11N3/c1-3-5(2)6-4-7-9-8-6/h4-5H,3H2,1-2H3,(H,7,8,9). The monoisotopic (exact) mass is 125 g/mol. The molecule has 0 fully saturated rings. The number of hydrogen-bond acceptors (Lipinski definition) is 2. The fourth-order valence-corrected chi connectivity index (χ4v) is 0.657. The van der Waals surface area contributed by atoms with E-state index >= 15 is 0 Å². The van der Waals surface area contributed by atoms with Crippen molar-refractivity contribution in [2.24, 2.45) is 0 Å². The lowest BCUT2D eigenvalue weighted by molar-refractivity contribution is 0.702. The second-order valence-electron chi connectivity index (χ2n) is 2.20. The maximum atomic E-state index is 3.95. The molecule has 0 saturated carbocycles. The lowest BCUT2D eigenvalue weighted by Gasteiger charge is -1.99. The molecule has 50 valence electrons. The van der Waals surface area contributed by atoms with Gasteiger partial charge in [0.2, 0.25) is 0 Å². The Kier molecular flexibility index (Phi) is 1.82. The quantitative estimate of drug-likeness (QED) is 0.647. The lowest BCUT2D eigenvalue weighted by Crippen LogP contribution is -1.90. The van der Waals surface area contributed by atoms with E-state index < -0.39 is 0 Å². The molecule has 0 amide bonds. The zero-order valence-corrected chi connectivity index (χ0v) is 5.76. The van der Waals surface area contributed by atoms with Crippen LogP contribution in [-0.2, 0) is 0 Å². The second kappa shape index (κ2) is 2.62. The number of aromatic amines is 1. The molecule has 0 aliphatic carbocycles. The Morgan fingerprint density at radius 2 is 2.56 bits per heavy atom. The van der Waals surface area contributed by atoms with E-state index in [-0.39, 0.29) is 0 Å². The number of hydrogen-bond donors (Lipinski definition) is 1. The van der Waals surface area contributed by atoms with Gasteiger partial charge in [0.15, 0.2) is 0 Å². The zero-order valence-electron chi connectivity index (χ0n) is 5.76. The van der Waals surface area contributed by atoms with Gasteiger partial charge in [-0.3, -0.25) is 0 Å². The predicted octanol–water partition coefficient (Wildman–Crippen LogP) is 1.32. The van der Waals surface area contributed by atoms with E-state index in [2.05, 4.69) is 29.3 Å². The van der Waals surface area contributed by atoms with Gasteiger partial charge in [-0.15, -0.1) is 0 Å². The third-order valence-corrected chi connectivity index (χ3v) is 1.55. The summed E-state index contributed by atoms with van der Waals surface area (Å²) < 4.78 is 0. The molecular formula is C6H11N3. The highest BCUT2D eigenvalue weighted by molar-refractivity contribution is 4.97. The van der Waals surface area contributed by atoms with E-state index in [0.717, 1.165) is 12.1 Å². The Morgan fingerprint density at radius 1 is 1.78 bits per heavy atom. The first-order valence-corrected chi connectivity index (χ1v) is 3.20. The molecule has 0 bridgehead atoms. The Hall–Kier alpha value is -0.860. The van der Waals surface area contributed by atoms with E-state index in [4.69, 9.17) is 0 Å². The third kappa shape index (κ3) is 1.28. The van der Waals surface area contributed by atoms with E-state index in [1.807, 2.05) is 0 Å². The SMILES string of the molecule is CCC(C)c1cn[nH]n1. The molecule has 0 radical (unpaired) electrons. The van der Waals surface area contributed by atoms with Gasteiger partial charge in [0.25, 0.3) is 0 Å². The Labute approximate surface area is 54.5 Å². The fourth-order valence-electron chi connectivity index (χ4n) is 0.657. The Balaban J connectivity index is 2.65. The molecule has 0 saturated heterocycles. The third-order valence-electron chi connectivity index (χ3n) is 1.55. The van der Waals surface area contributed by atoms with E-state index in [0.29, 0.717) is 5.92 Å². The molecule has 1 unspecified atom stereocenters. The van der Waals surface area contributed by atoms with Gasteiger partial charge < -0.3 is 0 Å². The van der Waals surface area contributed by atoms with Gasteiger partial charge in [-0.1, -0.05) is 13.8 Å². The number of rotatable bonds is 2. The zero-order chi connectivity index (χ0) is 6.69. The van der Waals surface area contributed by atoms with Crippen LogP contribution in [0.15, 0.2) is 6.20 Å². The Bertz CT molecular complexity index is 157. The van der Waals surface area contributed by atoms with Crippen LogP contribution in [0.2, 0.25) is 0 Å². The molecule has 1 aromatic rings. The summed E-state index contributed by atoms with van der Waals surface area (Å²) in [6, 6.07) is 0. The summed E-state index contributed by atoms with van der Waals surface area (Å²) in [5.41, 5.74) is 1.05. The van der Waals surface area contributed by atoms with Crippen molar-refractivity contribution in [1.29, 1.82) is 0 Å². The van der Waals surface area contributed by atoms with Crippen molar-refractivity contribution in [2.45, 2.75) is 26.2 Å². The molecule has 1 atom stereocenters. The maximum Gasteiger partial charge on any atom is 0.0852 e. The fraction of sp³-hybridized carbons (Fsp3) is 0.667. The number of nitrogens with zero attached hydrogens (tertiary/aromatic N) is 2. The molecule has 3 heteroatoms. The number of nitrogens with one attached hydrogen (secondary N) is 1. The van der Waals surface area contributed by atoms with E-state index in [1.165, 1.54) is 0 Å². The summed E-state index contributed by atoms with van der Waals surface area (Å²) >= 11 is 0. The highest BCUT2D eigenvalue weighted by Crippen LogP contribution is 2.12. The molecule has 0 aliphatic rings. The van der Waals surface area contributed by atoms with Crippen LogP contribution in [0.3, 0.4) is 0 Å². The molecule has 0 aromatic carbocycles. The van der Waals surface area contributed by atoms with Crippen molar-refractivity contribution >= 4 is 0 Å². The van der Waals surface area contributed by atoms with Crippen molar-refractivity contribution in [3.8, 4) is 0 Å². The first kappa shape index (κ1) is 6.26. The maximum absolute atomic E-state index is 3.95. The summed E-state index contributed by atoms with van der Waals surface area (Å²) in [6.45, 7) is 4.28. The van der Waals surface area contributed by atoms with Crippen LogP contribution in [0.5, 0.6) is 0 Å². The van der Waals surface area contributed by atoms with E-state index in [9.17, 15) is 0 Å². The topological polar surface area (TPSA) is 41.6 Å². The molecule has 9 heavy (non-hydrogen) atoms. The summed E-state index contributed by atoms with van der Waals surface area (Å²) in [5, 5.41) is 10.3. The first-order valence-electron chi connectivity index (χ1n) is 3.20. The molecule has 0 aliphatic heterocycles. The smallest absolute Gasteiger partial charge is 0.0852 e. The van der Waals surface area contributed by atoms with Crippen LogP contribution >= 0.6 is 0 Å². The van der Waals surface area contributed by atoms with Crippen LogP contribution in [0, 0.1) is 0 Å². The van der Waals surface area contributed by atoms with Crippen LogP contribution in [0.4, 0.5) is 0 Å².